The van der Waals surface area contributed by atoms with Crippen molar-refractivity contribution in [2.24, 2.45) is 0 Å². The molecule has 1 aromatic carbocycles. The summed E-state index contributed by atoms with van der Waals surface area (Å²) < 4.78 is 0. The molecular formula is C17H23ClN2O. The van der Waals surface area contributed by atoms with E-state index < -0.39 is 0 Å². The van der Waals surface area contributed by atoms with Crippen molar-refractivity contribution in [2.75, 3.05) is 32.1 Å². The SMILES string of the molecule is CN(C)CCCN1C(=O)C2(CCCC2)c2ccc(Cl)cc21. The molecular weight excluding hydrogens is 284 g/mol. The van der Waals surface area contributed by atoms with Gasteiger partial charge in [-0.1, -0.05) is 30.5 Å². The Bertz CT molecular complexity index is 550. The summed E-state index contributed by atoms with van der Waals surface area (Å²) >= 11 is 6.17. The van der Waals surface area contributed by atoms with Crippen LogP contribution < -0.4 is 4.90 Å². The highest BCUT2D eigenvalue weighted by atomic mass is 35.5. The van der Waals surface area contributed by atoms with Crippen LogP contribution in [0.4, 0.5) is 5.69 Å². The van der Waals surface area contributed by atoms with Crippen molar-refractivity contribution in [3.05, 3.63) is 28.8 Å². The first-order valence-corrected chi connectivity index (χ1v) is 8.19. The molecule has 1 spiro atoms. The number of nitrogens with zero attached hydrogens (tertiary/aromatic N) is 2. The second-order valence-electron chi connectivity index (χ2n) is 6.56. The summed E-state index contributed by atoms with van der Waals surface area (Å²) in [5.74, 6) is 0.302. The Hall–Kier alpha value is -1.06. The van der Waals surface area contributed by atoms with Gasteiger partial charge in [-0.3, -0.25) is 4.79 Å². The van der Waals surface area contributed by atoms with Crippen molar-refractivity contribution in [1.82, 2.24) is 4.90 Å². The lowest BCUT2D eigenvalue weighted by molar-refractivity contribution is -0.123. The number of hydrogen-bond acceptors (Lipinski definition) is 2. The topological polar surface area (TPSA) is 23.6 Å². The largest absolute Gasteiger partial charge is 0.311 e. The molecule has 3 rings (SSSR count). The van der Waals surface area contributed by atoms with Gasteiger partial charge in [0, 0.05) is 17.3 Å². The van der Waals surface area contributed by atoms with Gasteiger partial charge in [-0.25, -0.2) is 0 Å². The Balaban J connectivity index is 1.91. The Kier molecular flexibility index (Phi) is 3.98. The number of carbonyl (C=O) groups excluding carboxylic acids is 1. The molecule has 1 saturated carbocycles. The highest BCUT2D eigenvalue weighted by Gasteiger charge is 2.51. The average Bonchev–Trinajstić information content (AvgIpc) is 3.00. The van der Waals surface area contributed by atoms with E-state index >= 15 is 0 Å². The summed E-state index contributed by atoms with van der Waals surface area (Å²) in [6.45, 7) is 1.78. The van der Waals surface area contributed by atoms with Gasteiger partial charge in [-0.05, 0) is 57.6 Å². The predicted molar refractivity (Wildman–Crippen MR) is 87.1 cm³/mol. The lowest BCUT2D eigenvalue weighted by atomic mass is 9.80. The second-order valence-corrected chi connectivity index (χ2v) is 7.00. The zero-order valence-electron chi connectivity index (χ0n) is 12.9. The molecule has 3 nitrogen and oxygen atoms in total. The van der Waals surface area contributed by atoms with Crippen LogP contribution in [0, 0.1) is 0 Å². The van der Waals surface area contributed by atoms with Crippen molar-refractivity contribution in [3.63, 3.8) is 0 Å². The molecule has 1 aliphatic heterocycles. The zero-order valence-corrected chi connectivity index (χ0v) is 13.6. The van der Waals surface area contributed by atoms with Crippen LogP contribution in [0.1, 0.15) is 37.7 Å². The van der Waals surface area contributed by atoms with Gasteiger partial charge in [0.2, 0.25) is 5.91 Å². The maximum Gasteiger partial charge on any atom is 0.237 e. The normalized spacial score (nSPS) is 19.8. The van der Waals surface area contributed by atoms with E-state index in [2.05, 4.69) is 25.1 Å². The maximum absolute atomic E-state index is 13.0. The van der Waals surface area contributed by atoms with Gasteiger partial charge < -0.3 is 9.80 Å². The Morgan fingerprint density at radius 1 is 1.29 bits per heavy atom. The summed E-state index contributed by atoms with van der Waals surface area (Å²) in [5.41, 5.74) is 2.00. The van der Waals surface area contributed by atoms with Gasteiger partial charge in [0.05, 0.1) is 5.41 Å². The van der Waals surface area contributed by atoms with Crippen LogP contribution in [0.25, 0.3) is 0 Å². The third-order valence-corrected chi connectivity index (χ3v) is 5.10. The fourth-order valence-corrected chi connectivity index (χ4v) is 4.01. The van der Waals surface area contributed by atoms with Crippen LogP contribution in [0.3, 0.4) is 0 Å². The molecule has 0 saturated heterocycles. The van der Waals surface area contributed by atoms with Crippen molar-refractivity contribution in [3.8, 4) is 0 Å². The molecule has 0 bridgehead atoms. The molecule has 114 valence electrons. The number of hydrogen-bond donors (Lipinski definition) is 0. The molecule has 0 N–H and O–H groups in total. The maximum atomic E-state index is 13.0. The van der Waals surface area contributed by atoms with Gasteiger partial charge in [-0.15, -0.1) is 0 Å². The van der Waals surface area contributed by atoms with E-state index in [1.165, 1.54) is 5.56 Å². The third kappa shape index (κ3) is 2.47. The number of benzene rings is 1. The molecule has 1 amide bonds. The van der Waals surface area contributed by atoms with Crippen LogP contribution in [-0.2, 0) is 10.2 Å². The molecule has 4 heteroatoms. The van der Waals surface area contributed by atoms with Gasteiger partial charge in [0.15, 0.2) is 0 Å². The average molecular weight is 307 g/mol. The van der Waals surface area contributed by atoms with Crippen molar-refractivity contribution >= 4 is 23.2 Å². The van der Waals surface area contributed by atoms with Gasteiger partial charge in [0.25, 0.3) is 0 Å². The number of amides is 1. The summed E-state index contributed by atoms with van der Waals surface area (Å²) in [4.78, 5) is 17.2. The van der Waals surface area contributed by atoms with Crippen LogP contribution in [0.2, 0.25) is 5.02 Å². The first kappa shape index (κ1) is 14.9. The summed E-state index contributed by atoms with van der Waals surface area (Å²) in [5, 5.41) is 0.717. The number of rotatable bonds is 4. The number of anilines is 1. The standard InChI is InChI=1S/C17H23ClN2O/c1-19(2)10-5-11-20-15-12-13(18)6-7-14(15)17(16(20)21)8-3-4-9-17/h6-7,12H,3-5,8-11H2,1-2H3. The molecule has 2 aliphatic rings. The minimum absolute atomic E-state index is 0.252. The fraction of sp³-hybridized carbons (Fsp3) is 0.588. The van der Waals surface area contributed by atoms with Crippen LogP contribution in [0.5, 0.6) is 0 Å². The van der Waals surface area contributed by atoms with Crippen LogP contribution in [-0.4, -0.2) is 38.0 Å². The first-order chi connectivity index (χ1) is 10.0. The first-order valence-electron chi connectivity index (χ1n) is 7.81. The summed E-state index contributed by atoms with van der Waals surface area (Å²) in [7, 11) is 4.13. The lowest BCUT2D eigenvalue weighted by Crippen LogP contribution is -2.39. The van der Waals surface area contributed by atoms with Crippen LogP contribution in [0.15, 0.2) is 18.2 Å². The number of carbonyl (C=O) groups is 1. The predicted octanol–water partition coefficient (Wildman–Crippen LogP) is 3.45. The molecule has 0 radical (unpaired) electrons. The quantitative estimate of drug-likeness (QED) is 0.850. The zero-order chi connectivity index (χ0) is 15.0. The molecule has 1 heterocycles. The third-order valence-electron chi connectivity index (χ3n) is 4.86. The van der Waals surface area contributed by atoms with Gasteiger partial charge in [0.1, 0.15) is 0 Å². The summed E-state index contributed by atoms with van der Waals surface area (Å²) in [6, 6.07) is 5.97. The highest BCUT2D eigenvalue weighted by molar-refractivity contribution is 6.31. The summed E-state index contributed by atoms with van der Waals surface area (Å²) in [6.07, 6.45) is 5.27. The molecule has 1 aliphatic carbocycles. The molecule has 1 aromatic rings. The van der Waals surface area contributed by atoms with Crippen LogP contribution >= 0.6 is 11.6 Å². The van der Waals surface area contributed by atoms with E-state index in [-0.39, 0.29) is 5.41 Å². The molecule has 21 heavy (non-hydrogen) atoms. The fourth-order valence-electron chi connectivity index (χ4n) is 3.84. The van der Waals surface area contributed by atoms with Crippen molar-refractivity contribution in [1.29, 1.82) is 0 Å². The van der Waals surface area contributed by atoms with E-state index in [1.807, 2.05) is 17.0 Å². The minimum atomic E-state index is -0.252. The van der Waals surface area contributed by atoms with E-state index in [9.17, 15) is 4.79 Å². The van der Waals surface area contributed by atoms with Gasteiger partial charge >= 0.3 is 0 Å². The minimum Gasteiger partial charge on any atom is -0.311 e. The van der Waals surface area contributed by atoms with Crippen molar-refractivity contribution in [2.45, 2.75) is 37.5 Å². The smallest absolute Gasteiger partial charge is 0.237 e. The van der Waals surface area contributed by atoms with E-state index in [0.717, 1.165) is 50.9 Å². The van der Waals surface area contributed by atoms with Crippen molar-refractivity contribution < 1.29 is 4.79 Å². The number of halogens is 1. The Morgan fingerprint density at radius 3 is 2.67 bits per heavy atom. The Labute approximate surface area is 131 Å². The molecule has 0 aromatic heterocycles. The lowest BCUT2D eigenvalue weighted by Gasteiger charge is -2.24. The van der Waals surface area contributed by atoms with Gasteiger partial charge in [-0.2, -0.15) is 0 Å². The van der Waals surface area contributed by atoms with E-state index in [0.29, 0.717) is 10.9 Å². The molecule has 0 atom stereocenters. The number of fused-ring (bicyclic) bond motifs is 2. The molecule has 0 unspecified atom stereocenters. The van der Waals surface area contributed by atoms with E-state index in [4.69, 9.17) is 11.6 Å². The second kappa shape index (κ2) is 5.62. The van der Waals surface area contributed by atoms with E-state index in [1.54, 1.807) is 0 Å². The molecule has 1 fully saturated rings. The monoisotopic (exact) mass is 306 g/mol. The highest BCUT2D eigenvalue weighted by Crippen LogP contribution is 2.51. The Morgan fingerprint density at radius 2 is 2.00 bits per heavy atom.